The van der Waals surface area contributed by atoms with Crippen LogP contribution in [0.5, 0.6) is 0 Å². The van der Waals surface area contributed by atoms with Crippen LogP contribution in [0.25, 0.3) is 0 Å². The zero-order valence-electron chi connectivity index (χ0n) is 11.9. The average Bonchev–Trinajstić information content (AvgIpc) is 2.38. The summed E-state index contributed by atoms with van der Waals surface area (Å²) in [5, 5.41) is 2.62. The van der Waals surface area contributed by atoms with E-state index in [9.17, 15) is 9.59 Å². The van der Waals surface area contributed by atoms with Gasteiger partial charge < -0.3 is 16.0 Å². The van der Waals surface area contributed by atoms with E-state index in [4.69, 9.17) is 5.73 Å². The largest absolute Gasteiger partial charge is 0.398 e. The van der Waals surface area contributed by atoms with Crippen molar-refractivity contribution in [2.24, 2.45) is 0 Å². The highest BCUT2D eigenvalue weighted by atomic mass is 16.2. The molecule has 5 heteroatoms. The molecular formula is C14H21N3O2. The predicted molar refractivity (Wildman–Crippen MR) is 76.0 cm³/mol. The van der Waals surface area contributed by atoms with Gasteiger partial charge >= 0.3 is 0 Å². The fourth-order valence-electron chi connectivity index (χ4n) is 1.68. The molecule has 0 aromatic heterocycles. The number of nitrogen functional groups attached to an aromatic ring is 1. The van der Waals surface area contributed by atoms with Gasteiger partial charge in [-0.3, -0.25) is 9.59 Å². The number of hydrogen-bond donors (Lipinski definition) is 2. The van der Waals surface area contributed by atoms with Gasteiger partial charge in [-0.2, -0.15) is 0 Å². The molecule has 0 aliphatic rings. The lowest BCUT2D eigenvalue weighted by atomic mass is 10.0. The van der Waals surface area contributed by atoms with Gasteiger partial charge in [-0.1, -0.05) is 6.07 Å². The first-order chi connectivity index (χ1) is 8.86. The van der Waals surface area contributed by atoms with E-state index >= 15 is 0 Å². The Morgan fingerprint density at radius 2 is 1.89 bits per heavy atom. The zero-order chi connectivity index (χ0) is 14.6. The minimum absolute atomic E-state index is 0.00358. The second-order valence-corrected chi connectivity index (χ2v) is 4.61. The van der Waals surface area contributed by atoms with Crippen molar-refractivity contribution < 1.29 is 9.59 Å². The normalized spacial score (nSPS) is 10.1. The van der Waals surface area contributed by atoms with Crippen LogP contribution < -0.4 is 11.1 Å². The van der Waals surface area contributed by atoms with Crippen molar-refractivity contribution in [1.82, 2.24) is 10.2 Å². The highest BCUT2D eigenvalue weighted by Gasteiger charge is 2.13. The summed E-state index contributed by atoms with van der Waals surface area (Å²) < 4.78 is 0. The Hall–Kier alpha value is -2.04. The van der Waals surface area contributed by atoms with E-state index in [0.717, 1.165) is 11.1 Å². The number of benzene rings is 1. The molecule has 0 radical (unpaired) electrons. The van der Waals surface area contributed by atoms with Crippen LogP contribution in [0.3, 0.4) is 0 Å². The smallest absolute Gasteiger partial charge is 0.252 e. The van der Waals surface area contributed by atoms with E-state index in [1.165, 1.54) is 0 Å². The summed E-state index contributed by atoms with van der Waals surface area (Å²) in [5.74, 6) is -0.393. The van der Waals surface area contributed by atoms with Gasteiger partial charge in [0.05, 0.1) is 6.54 Å². The maximum absolute atomic E-state index is 12.0. The van der Waals surface area contributed by atoms with E-state index in [2.05, 4.69) is 5.32 Å². The van der Waals surface area contributed by atoms with Crippen molar-refractivity contribution in [3.8, 4) is 0 Å². The maximum Gasteiger partial charge on any atom is 0.252 e. The second-order valence-electron chi connectivity index (χ2n) is 4.61. The molecule has 1 rings (SSSR count). The van der Waals surface area contributed by atoms with Crippen molar-refractivity contribution in [1.29, 1.82) is 0 Å². The fraction of sp³-hybridized carbons (Fsp3) is 0.429. The van der Waals surface area contributed by atoms with Crippen molar-refractivity contribution in [3.63, 3.8) is 0 Å². The molecule has 0 aliphatic heterocycles. The number of aryl methyl sites for hydroxylation is 2. The Balaban J connectivity index is 2.74. The number of nitrogens with two attached hydrogens (primary N) is 1. The third-order valence-electron chi connectivity index (χ3n) is 3.16. The second kappa shape index (κ2) is 6.22. The Morgan fingerprint density at radius 1 is 1.26 bits per heavy atom. The molecule has 5 nitrogen and oxygen atoms in total. The third-order valence-corrected chi connectivity index (χ3v) is 3.16. The Kier molecular flexibility index (Phi) is 4.92. The number of amides is 2. The number of nitrogens with one attached hydrogen (secondary N) is 1. The summed E-state index contributed by atoms with van der Waals surface area (Å²) >= 11 is 0. The van der Waals surface area contributed by atoms with Crippen LogP contribution in [0.1, 0.15) is 28.4 Å². The van der Waals surface area contributed by atoms with Gasteiger partial charge in [-0.05, 0) is 38.0 Å². The molecule has 1 aromatic rings. The number of nitrogens with zero attached hydrogens (tertiary/aromatic N) is 1. The lowest BCUT2D eigenvalue weighted by molar-refractivity contribution is -0.128. The summed E-state index contributed by atoms with van der Waals surface area (Å²) in [4.78, 5) is 25.2. The lowest BCUT2D eigenvalue weighted by Crippen LogP contribution is -2.38. The first-order valence-electron chi connectivity index (χ1n) is 6.25. The molecule has 0 spiro atoms. The van der Waals surface area contributed by atoms with Gasteiger partial charge in [0.2, 0.25) is 5.91 Å². The summed E-state index contributed by atoms with van der Waals surface area (Å²) in [7, 11) is 1.70. The minimum Gasteiger partial charge on any atom is -0.398 e. The first-order valence-corrected chi connectivity index (χ1v) is 6.25. The van der Waals surface area contributed by atoms with E-state index < -0.39 is 0 Å². The van der Waals surface area contributed by atoms with Gasteiger partial charge in [0, 0.05) is 24.8 Å². The van der Waals surface area contributed by atoms with Crippen molar-refractivity contribution in [2.75, 3.05) is 25.9 Å². The predicted octanol–water partition coefficient (Wildman–Crippen LogP) is 1.09. The molecule has 0 bridgehead atoms. The molecule has 3 N–H and O–H groups in total. The molecule has 2 amide bonds. The van der Waals surface area contributed by atoms with Gasteiger partial charge in [0.15, 0.2) is 0 Å². The molecule has 0 saturated carbocycles. The van der Waals surface area contributed by atoms with Crippen molar-refractivity contribution in [2.45, 2.75) is 20.8 Å². The topological polar surface area (TPSA) is 75.4 Å². The summed E-state index contributed by atoms with van der Waals surface area (Å²) in [6.45, 7) is 6.23. The number of carbonyl (C=O) groups excluding carboxylic acids is 2. The summed E-state index contributed by atoms with van der Waals surface area (Å²) in [5.41, 5.74) is 8.67. The molecule has 0 aliphatic carbocycles. The van der Waals surface area contributed by atoms with Crippen LogP contribution >= 0.6 is 0 Å². The molecule has 0 saturated heterocycles. The Bertz CT molecular complexity index is 498. The molecule has 0 atom stereocenters. The number of likely N-dealkylation sites (N-methyl/N-ethyl adjacent to an activating group) is 1. The van der Waals surface area contributed by atoms with Crippen molar-refractivity contribution in [3.05, 3.63) is 28.8 Å². The standard InChI is InChI=1S/C14H21N3O2/c1-5-17(4)13(18)8-16-14(19)11-7-12(15)10(3)6-9(11)2/h6-7H,5,8,15H2,1-4H3,(H,16,19). The number of carbonyl (C=O) groups is 2. The molecular weight excluding hydrogens is 242 g/mol. The monoisotopic (exact) mass is 263 g/mol. The summed E-state index contributed by atoms with van der Waals surface area (Å²) in [6.07, 6.45) is 0. The van der Waals surface area contributed by atoms with Crippen molar-refractivity contribution >= 4 is 17.5 Å². The van der Waals surface area contributed by atoms with Crippen LogP contribution in [0.15, 0.2) is 12.1 Å². The molecule has 0 heterocycles. The molecule has 0 unspecified atom stereocenters. The third kappa shape index (κ3) is 3.71. The SMILES string of the molecule is CCN(C)C(=O)CNC(=O)c1cc(N)c(C)cc1C. The van der Waals surface area contributed by atoms with Crippen LogP contribution in [0, 0.1) is 13.8 Å². The highest BCUT2D eigenvalue weighted by molar-refractivity contribution is 5.98. The van der Waals surface area contributed by atoms with Crippen LogP contribution in [0.4, 0.5) is 5.69 Å². The zero-order valence-corrected chi connectivity index (χ0v) is 11.9. The molecule has 104 valence electrons. The van der Waals surface area contributed by atoms with Crippen LogP contribution in [-0.2, 0) is 4.79 Å². The number of anilines is 1. The van der Waals surface area contributed by atoms with E-state index in [1.807, 2.05) is 26.8 Å². The van der Waals surface area contributed by atoms with Gasteiger partial charge in [-0.15, -0.1) is 0 Å². The first kappa shape index (κ1) is 15.0. The maximum atomic E-state index is 12.0. The van der Waals surface area contributed by atoms with Gasteiger partial charge in [-0.25, -0.2) is 0 Å². The number of rotatable bonds is 4. The van der Waals surface area contributed by atoms with E-state index in [-0.39, 0.29) is 18.4 Å². The highest BCUT2D eigenvalue weighted by Crippen LogP contribution is 2.17. The molecule has 0 fully saturated rings. The lowest BCUT2D eigenvalue weighted by Gasteiger charge is -2.15. The summed E-state index contributed by atoms with van der Waals surface area (Å²) in [6, 6.07) is 3.51. The Labute approximate surface area is 113 Å². The minimum atomic E-state index is -0.276. The van der Waals surface area contributed by atoms with Crippen LogP contribution in [-0.4, -0.2) is 36.9 Å². The molecule has 19 heavy (non-hydrogen) atoms. The fourth-order valence-corrected chi connectivity index (χ4v) is 1.68. The number of hydrogen-bond acceptors (Lipinski definition) is 3. The Morgan fingerprint density at radius 3 is 2.47 bits per heavy atom. The van der Waals surface area contributed by atoms with E-state index in [0.29, 0.717) is 17.8 Å². The van der Waals surface area contributed by atoms with Gasteiger partial charge in [0.25, 0.3) is 5.91 Å². The molecule has 1 aromatic carbocycles. The quantitative estimate of drug-likeness (QED) is 0.799. The average molecular weight is 263 g/mol. The van der Waals surface area contributed by atoms with E-state index in [1.54, 1.807) is 18.0 Å². The van der Waals surface area contributed by atoms with Gasteiger partial charge in [0.1, 0.15) is 0 Å². The van der Waals surface area contributed by atoms with Crippen LogP contribution in [0.2, 0.25) is 0 Å².